The summed E-state index contributed by atoms with van der Waals surface area (Å²) in [5, 5.41) is 0. The second-order valence-corrected chi connectivity index (χ2v) is 7.86. The lowest BCUT2D eigenvalue weighted by atomic mass is 9.98. The molecule has 1 fully saturated rings. The van der Waals surface area contributed by atoms with Crippen LogP contribution in [-0.2, 0) is 23.7 Å². The molecule has 0 aromatic heterocycles. The Morgan fingerprint density at radius 2 is 1.78 bits per heavy atom. The van der Waals surface area contributed by atoms with Crippen LogP contribution in [-0.4, -0.2) is 36.7 Å². The number of hydroxylamine groups is 1. The van der Waals surface area contributed by atoms with Crippen molar-refractivity contribution in [1.82, 2.24) is 5.48 Å². The van der Waals surface area contributed by atoms with Crippen LogP contribution < -0.4 is 10.4 Å². The van der Waals surface area contributed by atoms with Crippen molar-refractivity contribution < 1.29 is 28.6 Å². The number of ether oxygens (including phenoxy) is 2. The molecular weight excluding hydrogens is 371 g/mol. The van der Waals surface area contributed by atoms with Crippen LogP contribution >= 0.6 is 8.17 Å². The average molecular weight is 404 g/mol. The number of nitrogens with one attached hydrogen (secondary N) is 1. The number of carbonyl (C=O) groups excluding carboxylic acids is 2. The molecular formula is C18H33N2O6P. The summed E-state index contributed by atoms with van der Waals surface area (Å²) in [5.41, 5.74) is 2.36. The summed E-state index contributed by atoms with van der Waals surface area (Å²) in [4.78, 5) is 35.8. The standard InChI is InChI=1S/C18H33N2O6P/c1-5-15(6-2)12-24-17(21)13(3)19-26-27(23)20-14(4)18(22)25-16-10-8-7-9-11-16/h13-16,19H,5-12H2,1-4H3/t13-,14-/m0/s1. The lowest BCUT2D eigenvalue weighted by Crippen LogP contribution is -2.35. The lowest BCUT2D eigenvalue weighted by Gasteiger charge is -2.22. The number of carbonyl (C=O) groups is 2. The van der Waals surface area contributed by atoms with Crippen molar-refractivity contribution in [2.24, 2.45) is 10.7 Å². The first-order valence-electron chi connectivity index (χ1n) is 9.84. The molecule has 0 spiro atoms. The van der Waals surface area contributed by atoms with E-state index in [0.717, 1.165) is 44.9 Å². The Labute approximate surface area is 162 Å². The van der Waals surface area contributed by atoms with Gasteiger partial charge in [0, 0.05) is 0 Å². The van der Waals surface area contributed by atoms with Crippen LogP contribution in [0.3, 0.4) is 0 Å². The minimum atomic E-state index is -2.51. The highest BCUT2D eigenvalue weighted by Crippen LogP contribution is 2.22. The molecule has 0 bridgehead atoms. The van der Waals surface area contributed by atoms with Gasteiger partial charge < -0.3 is 14.4 Å². The van der Waals surface area contributed by atoms with E-state index in [1.54, 1.807) is 6.92 Å². The summed E-state index contributed by atoms with van der Waals surface area (Å²) in [6, 6.07) is -1.69. The third-order valence-corrected chi connectivity index (χ3v) is 5.52. The van der Waals surface area contributed by atoms with Gasteiger partial charge in [-0.3, -0.25) is 4.79 Å². The van der Waals surface area contributed by atoms with Crippen LogP contribution in [0, 0.1) is 5.92 Å². The maximum absolute atomic E-state index is 12.0. The van der Waals surface area contributed by atoms with Gasteiger partial charge in [-0.05, 0) is 45.4 Å². The van der Waals surface area contributed by atoms with E-state index in [1.807, 2.05) is 13.8 Å². The topological polar surface area (TPSA) is 109 Å². The highest BCUT2D eigenvalue weighted by molar-refractivity contribution is 7.33. The minimum Gasteiger partial charge on any atom is -0.582 e. The first kappa shape index (κ1) is 24.0. The Morgan fingerprint density at radius 1 is 1.15 bits per heavy atom. The highest BCUT2D eigenvalue weighted by Gasteiger charge is 2.24. The van der Waals surface area contributed by atoms with Gasteiger partial charge >= 0.3 is 20.1 Å². The van der Waals surface area contributed by atoms with Crippen molar-refractivity contribution in [3.8, 4) is 0 Å². The molecule has 0 aliphatic heterocycles. The van der Waals surface area contributed by atoms with E-state index in [4.69, 9.17) is 14.1 Å². The second kappa shape index (κ2) is 13.2. The van der Waals surface area contributed by atoms with E-state index in [0.29, 0.717) is 12.5 Å². The zero-order valence-corrected chi connectivity index (χ0v) is 17.7. The van der Waals surface area contributed by atoms with Crippen molar-refractivity contribution >= 4 is 20.1 Å². The van der Waals surface area contributed by atoms with Crippen LogP contribution in [0.1, 0.15) is 72.6 Å². The van der Waals surface area contributed by atoms with Gasteiger partial charge in [-0.25, -0.2) is 4.79 Å². The van der Waals surface area contributed by atoms with Crippen LogP contribution in [0.4, 0.5) is 0 Å². The zero-order valence-electron chi connectivity index (χ0n) is 16.8. The molecule has 27 heavy (non-hydrogen) atoms. The van der Waals surface area contributed by atoms with Crippen molar-refractivity contribution in [3.63, 3.8) is 0 Å². The van der Waals surface area contributed by atoms with Crippen LogP contribution in [0.5, 0.6) is 0 Å². The predicted octanol–water partition coefficient (Wildman–Crippen LogP) is 3.00. The molecule has 1 aliphatic rings. The van der Waals surface area contributed by atoms with Gasteiger partial charge in [0.25, 0.3) is 0 Å². The van der Waals surface area contributed by atoms with E-state index in [1.165, 1.54) is 6.92 Å². The molecule has 9 heteroatoms. The maximum Gasteiger partial charge on any atom is 0.364 e. The molecule has 1 aliphatic carbocycles. The molecule has 0 heterocycles. The van der Waals surface area contributed by atoms with Gasteiger partial charge in [-0.15, -0.1) is 5.48 Å². The summed E-state index contributed by atoms with van der Waals surface area (Å²) in [6.45, 7) is 7.48. The van der Waals surface area contributed by atoms with Crippen LogP contribution in [0.25, 0.3) is 0 Å². The summed E-state index contributed by atoms with van der Waals surface area (Å²) < 4.78 is 19.2. The molecule has 0 saturated heterocycles. The number of rotatable bonds is 11. The Kier molecular flexibility index (Phi) is 11.7. The van der Waals surface area contributed by atoms with E-state index in [-0.39, 0.29) is 6.10 Å². The molecule has 1 rings (SSSR count). The van der Waals surface area contributed by atoms with E-state index < -0.39 is 32.2 Å². The first-order valence-corrected chi connectivity index (χ1v) is 11.0. The smallest absolute Gasteiger partial charge is 0.364 e. The van der Waals surface area contributed by atoms with Gasteiger partial charge in [-0.2, -0.15) is 0 Å². The van der Waals surface area contributed by atoms with Crippen molar-refractivity contribution in [3.05, 3.63) is 0 Å². The lowest BCUT2D eigenvalue weighted by molar-refractivity contribution is -0.183. The molecule has 1 N–H and O–H groups in total. The number of hydrogen-bond acceptors (Lipinski definition) is 8. The maximum atomic E-state index is 12.0. The van der Waals surface area contributed by atoms with E-state index >= 15 is 0 Å². The van der Waals surface area contributed by atoms with E-state index in [2.05, 4.69) is 10.2 Å². The Balaban J connectivity index is 2.34. The molecule has 3 atom stereocenters. The largest absolute Gasteiger partial charge is 0.582 e. The normalized spacial score (nSPS) is 18.2. The third-order valence-electron chi connectivity index (χ3n) is 4.72. The molecule has 0 aromatic carbocycles. The fourth-order valence-corrected chi connectivity index (χ4v) is 3.35. The molecule has 156 valence electrons. The Morgan fingerprint density at radius 3 is 2.37 bits per heavy atom. The van der Waals surface area contributed by atoms with Crippen LogP contribution in [0.15, 0.2) is 4.74 Å². The van der Waals surface area contributed by atoms with E-state index in [9.17, 15) is 14.5 Å². The first-order chi connectivity index (χ1) is 12.9. The summed E-state index contributed by atoms with van der Waals surface area (Å²) in [6.07, 6.45) is 6.77. The molecule has 0 aromatic rings. The second-order valence-electron chi connectivity index (χ2n) is 6.97. The average Bonchev–Trinajstić information content (AvgIpc) is 2.67. The molecule has 0 amide bonds. The zero-order chi connectivity index (χ0) is 20.2. The Hall–Kier alpha value is -1.08. The molecule has 1 unspecified atom stereocenters. The molecule has 1 saturated carbocycles. The fourth-order valence-electron chi connectivity index (χ4n) is 2.68. The third kappa shape index (κ3) is 9.60. The van der Waals surface area contributed by atoms with Gasteiger partial charge in [0.1, 0.15) is 12.1 Å². The monoisotopic (exact) mass is 404 g/mol. The number of hydrogen-bond donors (Lipinski definition) is 1. The highest BCUT2D eigenvalue weighted by atomic mass is 31.1. The van der Waals surface area contributed by atoms with Gasteiger partial charge in [-0.1, -0.05) is 42.5 Å². The summed E-state index contributed by atoms with van der Waals surface area (Å²) >= 11 is 0. The van der Waals surface area contributed by atoms with Gasteiger partial charge in [0.05, 0.1) is 6.61 Å². The quantitative estimate of drug-likeness (QED) is 0.320. The molecule has 0 radical (unpaired) electrons. The van der Waals surface area contributed by atoms with Gasteiger partial charge in [0.2, 0.25) is 0 Å². The van der Waals surface area contributed by atoms with Crippen molar-refractivity contribution in [2.45, 2.75) is 90.8 Å². The minimum absolute atomic E-state index is 0.0781. The number of esters is 2. The van der Waals surface area contributed by atoms with Crippen molar-refractivity contribution in [2.75, 3.05) is 6.61 Å². The fraction of sp³-hybridized carbons (Fsp3) is 0.889. The van der Waals surface area contributed by atoms with Gasteiger partial charge in [0.15, 0.2) is 6.04 Å². The number of nitrogens with zero attached hydrogens (tertiary/aromatic N) is 1. The summed E-state index contributed by atoms with van der Waals surface area (Å²) in [7, 11) is -2.51. The Bertz CT molecular complexity index is 492. The molecule has 8 nitrogen and oxygen atoms in total. The van der Waals surface area contributed by atoms with Crippen LogP contribution in [0.2, 0.25) is 0 Å². The summed E-state index contributed by atoms with van der Waals surface area (Å²) in [5.74, 6) is -0.675. The SMILES string of the molecule is CCC(CC)COC(=O)[C@H](C)NO[P+]([O-])=N[C@@H](C)C(=O)OC1CCCCC1. The predicted molar refractivity (Wildman–Crippen MR) is 100 cm³/mol. The van der Waals surface area contributed by atoms with Crippen molar-refractivity contribution in [1.29, 1.82) is 0 Å².